The number of ether oxygens (including phenoxy) is 2. The Hall–Kier alpha value is -1.76. The first kappa shape index (κ1) is 17.3. The molecule has 2 N–H and O–H groups in total. The highest BCUT2D eigenvalue weighted by Gasteiger charge is 2.15. The molecule has 0 heterocycles. The molecule has 0 fully saturated rings. The van der Waals surface area contributed by atoms with Gasteiger partial charge in [0.15, 0.2) is 11.5 Å². The molecule has 0 bridgehead atoms. The number of aromatic hydroxyl groups is 1. The van der Waals surface area contributed by atoms with Crippen molar-refractivity contribution < 1.29 is 19.4 Å². The van der Waals surface area contributed by atoms with Gasteiger partial charge in [-0.25, -0.2) is 10.2 Å². The average Bonchev–Trinajstić information content (AvgIpc) is 2.33. The number of carbonyl (C=O) groups is 1. The number of benzene rings is 1. The van der Waals surface area contributed by atoms with E-state index in [1.54, 1.807) is 32.9 Å². The van der Waals surface area contributed by atoms with Crippen LogP contribution >= 0.6 is 15.9 Å². The van der Waals surface area contributed by atoms with Crippen molar-refractivity contribution in [3.8, 4) is 11.5 Å². The Morgan fingerprint density at radius 2 is 2.14 bits per heavy atom. The average molecular weight is 359 g/mol. The van der Waals surface area contributed by atoms with E-state index in [-0.39, 0.29) is 5.75 Å². The number of nitrogens with one attached hydrogen (secondary N) is 1. The summed E-state index contributed by atoms with van der Waals surface area (Å²) >= 11 is 3.22. The van der Waals surface area contributed by atoms with Crippen molar-refractivity contribution in [2.75, 3.05) is 6.61 Å². The molecule has 1 aromatic carbocycles. The van der Waals surface area contributed by atoms with Crippen LogP contribution in [0.25, 0.3) is 0 Å². The SMILES string of the molecule is CCOc1cc(/C=N\NC(=O)OC(C)(C)C)cc(Br)c1O. The third-order valence-corrected chi connectivity index (χ3v) is 2.72. The Balaban J connectivity index is 2.74. The van der Waals surface area contributed by atoms with E-state index in [9.17, 15) is 9.90 Å². The molecule has 0 atom stereocenters. The Morgan fingerprint density at radius 3 is 2.71 bits per heavy atom. The molecule has 7 heteroatoms. The molecule has 1 aromatic rings. The van der Waals surface area contributed by atoms with Crippen molar-refractivity contribution in [3.05, 3.63) is 22.2 Å². The maximum absolute atomic E-state index is 11.4. The van der Waals surface area contributed by atoms with Crippen LogP contribution in [-0.4, -0.2) is 29.6 Å². The molecule has 1 rings (SSSR count). The number of hydrogen-bond donors (Lipinski definition) is 2. The van der Waals surface area contributed by atoms with Gasteiger partial charge in [-0.2, -0.15) is 5.10 Å². The molecule has 1 amide bonds. The molecule has 0 aliphatic rings. The fourth-order valence-electron chi connectivity index (χ4n) is 1.39. The molecule has 6 nitrogen and oxygen atoms in total. The van der Waals surface area contributed by atoms with Gasteiger partial charge in [0.25, 0.3) is 0 Å². The summed E-state index contributed by atoms with van der Waals surface area (Å²) < 4.78 is 10.8. The van der Waals surface area contributed by atoms with E-state index < -0.39 is 11.7 Å². The lowest BCUT2D eigenvalue weighted by atomic mass is 10.2. The lowest BCUT2D eigenvalue weighted by molar-refractivity contribution is 0.0529. The molecule has 0 unspecified atom stereocenters. The van der Waals surface area contributed by atoms with E-state index in [1.165, 1.54) is 6.21 Å². The predicted octanol–water partition coefficient (Wildman–Crippen LogP) is 3.41. The van der Waals surface area contributed by atoms with Crippen LogP contribution in [0, 0.1) is 0 Å². The molecular weight excluding hydrogens is 340 g/mol. The number of hydrogen-bond acceptors (Lipinski definition) is 5. The number of rotatable bonds is 4. The Labute approximate surface area is 132 Å². The minimum atomic E-state index is -0.637. The minimum absolute atomic E-state index is 0.0223. The zero-order chi connectivity index (χ0) is 16.0. The second-order valence-corrected chi connectivity index (χ2v) is 6.01. The quantitative estimate of drug-likeness (QED) is 0.638. The number of halogens is 1. The van der Waals surface area contributed by atoms with E-state index in [2.05, 4.69) is 26.5 Å². The van der Waals surface area contributed by atoms with Gasteiger partial charge in [0.2, 0.25) is 0 Å². The molecule has 0 saturated carbocycles. The molecular formula is C14H19BrN2O4. The summed E-state index contributed by atoms with van der Waals surface area (Å²) in [6, 6.07) is 3.27. The van der Waals surface area contributed by atoms with E-state index in [0.29, 0.717) is 22.4 Å². The topological polar surface area (TPSA) is 80.2 Å². The van der Waals surface area contributed by atoms with Crippen LogP contribution in [0.1, 0.15) is 33.3 Å². The number of carbonyl (C=O) groups excluding carboxylic acids is 1. The number of phenolic OH excluding ortho intramolecular Hbond substituents is 1. The number of hydrazone groups is 1. The van der Waals surface area contributed by atoms with Crippen LogP contribution in [0.2, 0.25) is 0 Å². The summed E-state index contributed by atoms with van der Waals surface area (Å²) in [6.45, 7) is 7.54. The Kier molecular flexibility index (Phi) is 6.02. The zero-order valence-electron chi connectivity index (χ0n) is 12.4. The van der Waals surface area contributed by atoms with Crippen molar-refractivity contribution in [1.29, 1.82) is 0 Å². The second-order valence-electron chi connectivity index (χ2n) is 5.15. The van der Waals surface area contributed by atoms with Gasteiger partial charge >= 0.3 is 6.09 Å². The lowest BCUT2D eigenvalue weighted by Crippen LogP contribution is -2.29. The largest absolute Gasteiger partial charge is 0.503 e. The van der Waals surface area contributed by atoms with Crippen molar-refractivity contribution in [1.82, 2.24) is 5.43 Å². The monoisotopic (exact) mass is 358 g/mol. The van der Waals surface area contributed by atoms with E-state index >= 15 is 0 Å². The summed E-state index contributed by atoms with van der Waals surface area (Å²) in [6.07, 6.45) is 0.790. The highest BCUT2D eigenvalue weighted by atomic mass is 79.9. The first-order chi connectivity index (χ1) is 9.73. The van der Waals surface area contributed by atoms with Crippen molar-refractivity contribution >= 4 is 28.2 Å². The van der Waals surface area contributed by atoms with E-state index in [4.69, 9.17) is 9.47 Å². The lowest BCUT2D eigenvalue weighted by Gasteiger charge is -2.18. The normalized spacial score (nSPS) is 11.5. The van der Waals surface area contributed by atoms with Gasteiger partial charge in [-0.1, -0.05) is 0 Å². The predicted molar refractivity (Wildman–Crippen MR) is 83.9 cm³/mol. The molecule has 0 aliphatic carbocycles. The maximum atomic E-state index is 11.4. The minimum Gasteiger partial charge on any atom is -0.503 e. The molecule has 0 spiro atoms. The first-order valence-electron chi connectivity index (χ1n) is 6.40. The van der Waals surface area contributed by atoms with Crippen LogP contribution in [-0.2, 0) is 4.74 Å². The van der Waals surface area contributed by atoms with E-state index in [1.807, 2.05) is 6.92 Å². The summed E-state index contributed by atoms with van der Waals surface area (Å²) in [7, 11) is 0. The molecule has 0 aromatic heterocycles. The van der Waals surface area contributed by atoms with Gasteiger partial charge in [-0.3, -0.25) is 0 Å². The standard InChI is InChI=1S/C14H19BrN2O4/c1-5-20-11-7-9(6-10(15)12(11)18)8-16-17-13(19)21-14(2,3)4/h6-8,18H,5H2,1-4H3,(H,17,19)/b16-8-. The van der Waals surface area contributed by atoms with Gasteiger partial charge < -0.3 is 14.6 Å². The van der Waals surface area contributed by atoms with Gasteiger partial charge in [-0.05, 0) is 61.3 Å². The van der Waals surface area contributed by atoms with Crippen LogP contribution < -0.4 is 10.2 Å². The van der Waals surface area contributed by atoms with Crippen LogP contribution in [0.3, 0.4) is 0 Å². The third kappa shape index (κ3) is 6.03. The molecule has 0 saturated heterocycles. The summed E-state index contributed by atoms with van der Waals surface area (Å²) in [5.41, 5.74) is 2.33. The second kappa shape index (κ2) is 7.31. The van der Waals surface area contributed by atoms with Gasteiger partial charge in [0.05, 0.1) is 17.3 Å². The van der Waals surface area contributed by atoms with Gasteiger partial charge in [0.1, 0.15) is 5.60 Å². The summed E-state index contributed by atoms with van der Waals surface area (Å²) in [5.74, 6) is 0.361. The fourth-order valence-corrected chi connectivity index (χ4v) is 1.85. The number of nitrogens with zero attached hydrogens (tertiary/aromatic N) is 1. The number of phenols is 1. The molecule has 0 aliphatic heterocycles. The van der Waals surface area contributed by atoms with Crippen LogP contribution in [0.15, 0.2) is 21.7 Å². The molecule has 21 heavy (non-hydrogen) atoms. The van der Waals surface area contributed by atoms with Crippen LogP contribution in [0.5, 0.6) is 11.5 Å². The summed E-state index contributed by atoms with van der Waals surface area (Å²) in [5, 5.41) is 13.6. The first-order valence-corrected chi connectivity index (χ1v) is 7.19. The van der Waals surface area contributed by atoms with Crippen molar-refractivity contribution in [2.24, 2.45) is 5.10 Å². The highest BCUT2D eigenvalue weighted by Crippen LogP contribution is 2.34. The third-order valence-electron chi connectivity index (χ3n) is 2.12. The van der Waals surface area contributed by atoms with Crippen molar-refractivity contribution in [3.63, 3.8) is 0 Å². The Bertz CT molecular complexity index is 539. The van der Waals surface area contributed by atoms with E-state index in [0.717, 1.165) is 0 Å². The van der Waals surface area contributed by atoms with Gasteiger partial charge in [0, 0.05) is 0 Å². The molecule has 116 valence electrons. The summed E-state index contributed by atoms with van der Waals surface area (Å²) in [4.78, 5) is 11.4. The zero-order valence-corrected chi connectivity index (χ0v) is 14.0. The Morgan fingerprint density at radius 1 is 1.48 bits per heavy atom. The molecule has 0 radical (unpaired) electrons. The van der Waals surface area contributed by atoms with Crippen LogP contribution in [0.4, 0.5) is 4.79 Å². The number of amides is 1. The fraction of sp³-hybridized carbons (Fsp3) is 0.429. The van der Waals surface area contributed by atoms with Crippen molar-refractivity contribution in [2.45, 2.75) is 33.3 Å². The highest BCUT2D eigenvalue weighted by molar-refractivity contribution is 9.10. The van der Waals surface area contributed by atoms with Gasteiger partial charge in [-0.15, -0.1) is 0 Å². The maximum Gasteiger partial charge on any atom is 0.428 e. The smallest absolute Gasteiger partial charge is 0.428 e.